The van der Waals surface area contributed by atoms with Gasteiger partial charge in [-0.1, -0.05) is 36.4 Å². The largest absolute Gasteiger partial charge is 0.326 e. The SMILES string of the molecule is Cc1ccccc1NC(=O)[C@H]1CC(=O)N(c2ccccc2)C1. The predicted molar refractivity (Wildman–Crippen MR) is 86.7 cm³/mol. The molecule has 3 rings (SSSR count). The molecule has 1 aliphatic heterocycles. The van der Waals surface area contributed by atoms with Gasteiger partial charge in [0.05, 0.1) is 5.92 Å². The van der Waals surface area contributed by atoms with Gasteiger partial charge >= 0.3 is 0 Å². The average molecular weight is 294 g/mol. The van der Waals surface area contributed by atoms with Crippen molar-refractivity contribution >= 4 is 23.2 Å². The number of aryl methyl sites for hydroxylation is 1. The molecule has 1 aliphatic rings. The molecule has 2 aromatic rings. The summed E-state index contributed by atoms with van der Waals surface area (Å²) in [4.78, 5) is 26.2. The summed E-state index contributed by atoms with van der Waals surface area (Å²) in [5, 5.41) is 2.93. The Bertz CT molecular complexity index is 697. The topological polar surface area (TPSA) is 49.4 Å². The van der Waals surface area contributed by atoms with E-state index in [0.717, 1.165) is 16.9 Å². The third-order valence-corrected chi connectivity index (χ3v) is 3.97. The number of hydrogen-bond acceptors (Lipinski definition) is 2. The molecule has 1 fully saturated rings. The third-order valence-electron chi connectivity index (χ3n) is 3.97. The average Bonchev–Trinajstić information content (AvgIpc) is 2.92. The highest BCUT2D eigenvalue weighted by molar-refractivity contribution is 6.03. The maximum Gasteiger partial charge on any atom is 0.229 e. The summed E-state index contributed by atoms with van der Waals surface area (Å²) in [5.74, 6) is -0.412. The lowest BCUT2D eigenvalue weighted by molar-refractivity contribution is -0.122. The van der Waals surface area contributed by atoms with E-state index in [2.05, 4.69) is 5.32 Å². The molecule has 0 unspecified atom stereocenters. The lowest BCUT2D eigenvalue weighted by atomic mass is 10.1. The third kappa shape index (κ3) is 2.86. The molecular weight excluding hydrogens is 276 g/mol. The highest BCUT2D eigenvalue weighted by Crippen LogP contribution is 2.26. The van der Waals surface area contributed by atoms with Crippen LogP contribution in [0.3, 0.4) is 0 Å². The molecule has 0 bridgehead atoms. The molecule has 1 N–H and O–H groups in total. The van der Waals surface area contributed by atoms with Crippen LogP contribution < -0.4 is 10.2 Å². The first-order valence-corrected chi connectivity index (χ1v) is 7.37. The second kappa shape index (κ2) is 6.02. The molecule has 1 saturated heterocycles. The van der Waals surface area contributed by atoms with Crippen molar-refractivity contribution in [2.45, 2.75) is 13.3 Å². The van der Waals surface area contributed by atoms with Gasteiger partial charge < -0.3 is 10.2 Å². The van der Waals surface area contributed by atoms with Gasteiger partial charge in [0, 0.05) is 24.3 Å². The van der Waals surface area contributed by atoms with Gasteiger partial charge in [-0.15, -0.1) is 0 Å². The lowest BCUT2D eigenvalue weighted by Crippen LogP contribution is -2.28. The van der Waals surface area contributed by atoms with Crippen LogP contribution >= 0.6 is 0 Å². The van der Waals surface area contributed by atoms with Crippen LogP contribution in [0.1, 0.15) is 12.0 Å². The van der Waals surface area contributed by atoms with Crippen molar-refractivity contribution < 1.29 is 9.59 Å². The fourth-order valence-electron chi connectivity index (χ4n) is 2.69. The standard InChI is InChI=1S/C18H18N2O2/c1-13-7-5-6-10-16(13)19-18(22)14-11-17(21)20(12-14)15-8-3-2-4-9-15/h2-10,14H,11-12H2,1H3,(H,19,22)/t14-/m0/s1. The van der Waals surface area contributed by atoms with E-state index in [1.54, 1.807) is 4.90 Å². The van der Waals surface area contributed by atoms with Crippen LogP contribution in [0.2, 0.25) is 0 Å². The van der Waals surface area contributed by atoms with Gasteiger partial charge in [0.15, 0.2) is 0 Å². The van der Waals surface area contributed by atoms with Crippen LogP contribution in [0.5, 0.6) is 0 Å². The molecule has 4 heteroatoms. The lowest BCUT2D eigenvalue weighted by Gasteiger charge is -2.16. The summed E-state index contributed by atoms with van der Waals surface area (Å²) in [7, 11) is 0. The number of benzene rings is 2. The molecule has 4 nitrogen and oxygen atoms in total. The van der Waals surface area contributed by atoms with Crippen LogP contribution in [0.25, 0.3) is 0 Å². The molecule has 2 amide bonds. The van der Waals surface area contributed by atoms with Crippen LogP contribution in [-0.2, 0) is 9.59 Å². The summed E-state index contributed by atoms with van der Waals surface area (Å²) >= 11 is 0. The Morgan fingerprint density at radius 2 is 1.77 bits per heavy atom. The Hall–Kier alpha value is -2.62. The van der Waals surface area contributed by atoms with Crippen LogP contribution in [-0.4, -0.2) is 18.4 Å². The smallest absolute Gasteiger partial charge is 0.229 e. The van der Waals surface area contributed by atoms with Gasteiger partial charge in [-0.05, 0) is 30.7 Å². The normalized spacial score (nSPS) is 17.6. The fraction of sp³-hybridized carbons (Fsp3) is 0.222. The molecule has 0 aromatic heterocycles. The summed E-state index contributed by atoms with van der Waals surface area (Å²) < 4.78 is 0. The molecule has 0 saturated carbocycles. The van der Waals surface area contributed by atoms with Crippen LogP contribution in [0.15, 0.2) is 54.6 Å². The van der Waals surface area contributed by atoms with Crippen molar-refractivity contribution in [3.8, 4) is 0 Å². The summed E-state index contributed by atoms with van der Waals surface area (Å²) in [6, 6.07) is 17.1. The molecule has 1 atom stereocenters. The summed E-state index contributed by atoms with van der Waals surface area (Å²) in [6.45, 7) is 2.38. The van der Waals surface area contributed by atoms with Gasteiger partial charge in [-0.3, -0.25) is 9.59 Å². The Morgan fingerprint density at radius 1 is 1.09 bits per heavy atom. The number of hydrogen-bond donors (Lipinski definition) is 1. The van der Waals surface area contributed by atoms with E-state index in [9.17, 15) is 9.59 Å². The second-order valence-corrected chi connectivity index (χ2v) is 5.55. The van der Waals surface area contributed by atoms with Crippen LogP contribution in [0, 0.1) is 12.8 Å². The molecule has 112 valence electrons. The molecule has 1 heterocycles. The fourth-order valence-corrected chi connectivity index (χ4v) is 2.69. The Balaban J connectivity index is 1.71. The van der Waals surface area contributed by atoms with E-state index in [1.807, 2.05) is 61.5 Å². The first-order chi connectivity index (χ1) is 10.6. The number of carbonyl (C=O) groups excluding carboxylic acids is 2. The Labute approximate surface area is 129 Å². The minimum Gasteiger partial charge on any atom is -0.326 e. The second-order valence-electron chi connectivity index (χ2n) is 5.55. The maximum absolute atomic E-state index is 12.4. The monoisotopic (exact) mass is 294 g/mol. The minimum atomic E-state index is -0.313. The first-order valence-electron chi connectivity index (χ1n) is 7.37. The van der Waals surface area contributed by atoms with E-state index in [-0.39, 0.29) is 24.2 Å². The zero-order chi connectivity index (χ0) is 15.5. The van der Waals surface area contributed by atoms with Gasteiger partial charge in [0.1, 0.15) is 0 Å². The maximum atomic E-state index is 12.4. The number of rotatable bonds is 3. The molecule has 0 radical (unpaired) electrons. The highest BCUT2D eigenvalue weighted by Gasteiger charge is 2.35. The minimum absolute atomic E-state index is 0.00358. The zero-order valence-electron chi connectivity index (χ0n) is 12.5. The molecule has 0 spiro atoms. The molecule has 2 aromatic carbocycles. The van der Waals surface area contributed by atoms with Crippen molar-refractivity contribution in [2.24, 2.45) is 5.92 Å². The Kier molecular flexibility index (Phi) is 3.92. The predicted octanol–water partition coefficient (Wildman–Crippen LogP) is 2.99. The van der Waals surface area contributed by atoms with Gasteiger partial charge in [0.25, 0.3) is 0 Å². The number of para-hydroxylation sites is 2. The number of nitrogens with one attached hydrogen (secondary N) is 1. The molecular formula is C18H18N2O2. The van der Waals surface area contributed by atoms with Gasteiger partial charge in [0.2, 0.25) is 11.8 Å². The number of amides is 2. The molecule has 0 aliphatic carbocycles. The van der Waals surface area contributed by atoms with E-state index in [4.69, 9.17) is 0 Å². The summed E-state index contributed by atoms with van der Waals surface area (Å²) in [6.07, 6.45) is 0.257. The van der Waals surface area contributed by atoms with E-state index < -0.39 is 0 Å². The van der Waals surface area contributed by atoms with E-state index >= 15 is 0 Å². The molecule has 22 heavy (non-hydrogen) atoms. The number of nitrogens with zero attached hydrogens (tertiary/aromatic N) is 1. The van der Waals surface area contributed by atoms with Crippen LogP contribution in [0.4, 0.5) is 11.4 Å². The van der Waals surface area contributed by atoms with E-state index in [1.165, 1.54) is 0 Å². The van der Waals surface area contributed by atoms with Crippen molar-refractivity contribution in [3.63, 3.8) is 0 Å². The quantitative estimate of drug-likeness (QED) is 0.946. The van der Waals surface area contributed by atoms with Gasteiger partial charge in [-0.2, -0.15) is 0 Å². The van der Waals surface area contributed by atoms with E-state index in [0.29, 0.717) is 6.54 Å². The van der Waals surface area contributed by atoms with Crippen molar-refractivity contribution in [2.75, 3.05) is 16.8 Å². The Morgan fingerprint density at radius 3 is 2.50 bits per heavy atom. The zero-order valence-corrected chi connectivity index (χ0v) is 12.5. The highest BCUT2D eigenvalue weighted by atomic mass is 16.2. The number of anilines is 2. The van der Waals surface area contributed by atoms with Gasteiger partial charge in [-0.25, -0.2) is 0 Å². The van der Waals surface area contributed by atoms with Crippen molar-refractivity contribution in [1.82, 2.24) is 0 Å². The van der Waals surface area contributed by atoms with Crippen molar-refractivity contribution in [3.05, 3.63) is 60.2 Å². The summed E-state index contributed by atoms with van der Waals surface area (Å²) in [5.41, 5.74) is 2.66. The number of carbonyl (C=O) groups is 2. The first kappa shape index (κ1) is 14.3. The van der Waals surface area contributed by atoms with Crippen molar-refractivity contribution in [1.29, 1.82) is 0 Å².